The summed E-state index contributed by atoms with van der Waals surface area (Å²) in [5.41, 5.74) is 1.58. The molecule has 0 fully saturated rings. The van der Waals surface area contributed by atoms with E-state index >= 15 is 0 Å². The molecule has 0 radical (unpaired) electrons. The van der Waals surface area contributed by atoms with Crippen LogP contribution in [0.25, 0.3) is 0 Å². The average Bonchev–Trinajstić information content (AvgIpc) is 2.18. The van der Waals surface area contributed by atoms with Crippen molar-refractivity contribution in [3.05, 3.63) is 46.6 Å². The van der Waals surface area contributed by atoms with Gasteiger partial charge in [-0.15, -0.1) is 0 Å². The minimum atomic E-state index is -0.00198. The van der Waals surface area contributed by atoms with Gasteiger partial charge in [0.05, 0.1) is 0 Å². The summed E-state index contributed by atoms with van der Waals surface area (Å²) in [6.45, 7) is 1.90. The van der Waals surface area contributed by atoms with Crippen molar-refractivity contribution in [1.82, 2.24) is 4.90 Å². The summed E-state index contributed by atoms with van der Waals surface area (Å²) in [5.74, 6) is -0.00198. The molecule has 80 valence electrons. The number of hydrogen-bond donors (Lipinski definition) is 0. The van der Waals surface area contributed by atoms with Crippen molar-refractivity contribution < 1.29 is 4.79 Å². The highest BCUT2D eigenvalue weighted by atomic mass is 35.5. The number of ketones is 1. The molecule has 0 amide bonds. The molecular formula is C12H14ClNO. The van der Waals surface area contributed by atoms with E-state index in [4.69, 9.17) is 11.6 Å². The minimum Gasteiger partial charge on any atom is -0.381 e. The van der Waals surface area contributed by atoms with Crippen molar-refractivity contribution in [2.24, 2.45) is 0 Å². The highest BCUT2D eigenvalue weighted by molar-refractivity contribution is 6.30. The topological polar surface area (TPSA) is 20.3 Å². The van der Waals surface area contributed by atoms with Gasteiger partial charge in [-0.1, -0.05) is 11.6 Å². The molecule has 0 aromatic heterocycles. The molecule has 1 rings (SSSR count). The van der Waals surface area contributed by atoms with Crippen molar-refractivity contribution >= 4 is 17.4 Å². The second kappa shape index (κ2) is 4.99. The number of hydrogen-bond acceptors (Lipinski definition) is 2. The summed E-state index contributed by atoms with van der Waals surface area (Å²) in [7, 11) is 3.81. The molecule has 1 aromatic rings. The fraction of sp³-hybridized carbons (Fsp3) is 0.250. The van der Waals surface area contributed by atoms with E-state index in [0.717, 1.165) is 5.70 Å². The predicted molar refractivity (Wildman–Crippen MR) is 63.2 cm³/mol. The van der Waals surface area contributed by atoms with Crippen LogP contribution in [0, 0.1) is 0 Å². The van der Waals surface area contributed by atoms with Crippen molar-refractivity contribution in [3.63, 3.8) is 0 Å². The van der Waals surface area contributed by atoms with Crippen molar-refractivity contribution in [2.45, 2.75) is 6.92 Å². The van der Waals surface area contributed by atoms with Gasteiger partial charge in [0.2, 0.25) is 0 Å². The number of carbonyl (C=O) groups is 1. The molecule has 0 saturated carbocycles. The Morgan fingerprint density at radius 2 is 1.80 bits per heavy atom. The number of nitrogens with zero attached hydrogens (tertiary/aromatic N) is 1. The highest BCUT2D eigenvalue weighted by Gasteiger charge is 2.03. The van der Waals surface area contributed by atoms with Gasteiger partial charge in [0.1, 0.15) is 0 Å². The molecule has 0 spiro atoms. The molecular weight excluding hydrogens is 210 g/mol. The van der Waals surface area contributed by atoms with Gasteiger partial charge < -0.3 is 4.90 Å². The SMILES string of the molecule is C/C(=C\C(=O)c1ccc(Cl)cc1)N(C)C. The quantitative estimate of drug-likeness (QED) is 0.580. The molecule has 15 heavy (non-hydrogen) atoms. The van der Waals surface area contributed by atoms with E-state index in [0.29, 0.717) is 10.6 Å². The Kier molecular flexibility index (Phi) is 3.92. The van der Waals surface area contributed by atoms with Gasteiger partial charge in [-0.2, -0.15) is 0 Å². The van der Waals surface area contributed by atoms with Crippen LogP contribution in [0.4, 0.5) is 0 Å². The monoisotopic (exact) mass is 223 g/mol. The summed E-state index contributed by atoms with van der Waals surface area (Å²) in [6.07, 6.45) is 1.61. The second-order valence-electron chi connectivity index (χ2n) is 3.55. The van der Waals surface area contributed by atoms with E-state index < -0.39 is 0 Å². The van der Waals surface area contributed by atoms with Crippen molar-refractivity contribution in [1.29, 1.82) is 0 Å². The Balaban J connectivity index is 2.86. The van der Waals surface area contributed by atoms with Crippen LogP contribution in [-0.2, 0) is 0 Å². The molecule has 0 atom stereocenters. The molecule has 0 saturated heterocycles. The van der Waals surface area contributed by atoms with Crippen LogP contribution in [0.15, 0.2) is 36.0 Å². The number of carbonyl (C=O) groups excluding carboxylic acids is 1. The Labute approximate surface area is 95.2 Å². The highest BCUT2D eigenvalue weighted by Crippen LogP contribution is 2.11. The van der Waals surface area contributed by atoms with Crippen LogP contribution in [0.5, 0.6) is 0 Å². The van der Waals surface area contributed by atoms with Gasteiger partial charge in [-0.25, -0.2) is 0 Å². The van der Waals surface area contributed by atoms with Crippen molar-refractivity contribution in [2.75, 3.05) is 14.1 Å². The van der Waals surface area contributed by atoms with Gasteiger partial charge >= 0.3 is 0 Å². The standard InChI is InChI=1S/C12H14ClNO/c1-9(14(2)3)8-12(15)10-4-6-11(13)7-5-10/h4-8H,1-3H3/b9-8+. The lowest BCUT2D eigenvalue weighted by atomic mass is 10.1. The molecule has 0 bridgehead atoms. The first-order valence-electron chi connectivity index (χ1n) is 4.66. The molecule has 0 aliphatic carbocycles. The maximum absolute atomic E-state index is 11.7. The average molecular weight is 224 g/mol. The normalized spacial score (nSPS) is 11.3. The molecule has 0 heterocycles. The van der Waals surface area contributed by atoms with Crippen LogP contribution in [0.2, 0.25) is 5.02 Å². The molecule has 2 nitrogen and oxygen atoms in total. The first kappa shape index (κ1) is 11.8. The zero-order valence-electron chi connectivity index (χ0n) is 9.12. The Morgan fingerprint density at radius 3 is 2.27 bits per heavy atom. The zero-order chi connectivity index (χ0) is 11.4. The van der Waals surface area contributed by atoms with Crippen LogP contribution >= 0.6 is 11.6 Å². The van der Waals surface area contributed by atoms with E-state index in [2.05, 4.69) is 0 Å². The van der Waals surface area contributed by atoms with Crippen LogP contribution < -0.4 is 0 Å². The number of allylic oxidation sites excluding steroid dienone is 2. The summed E-state index contributed by atoms with van der Waals surface area (Å²) in [4.78, 5) is 13.6. The molecule has 1 aromatic carbocycles. The Hall–Kier alpha value is -1.28. The molecule has 0 N–H and O–H groups in total. The van der Waals surface area contributed by atoms with E-state index in [1.807, 2.05) is 25.9 Å². The van der Waals surface area contributed by atoms with Gasteiger partial charge in [-0.05, 0) is 31.2 Å². The fourth-order valence-electron chi connectivity index (χ4n) is 1.02. The number of halogens is 1. The van der Waals surface area contributed by atoms with E-state index in [1.165, 1.54) is 0 Å². The van der Waals surface area contributed by atoms with Crippen LogP contribution in [0.1, 0.15) is 17.3 Å². The summed E-state index contributed by atoms with van der Waals surface area (Å²) >= 11 is 5.74. The third kappa shape index (κ3) is 3.40. The molecule has 0 aliphatic heterocycles. The fourth-order valence-corrected chi connectivity index (χ4v) is 1.14. The first-order chi connectivity index (χ1) is 7.00. The van der Waals surface area contributed by atoms with Crippen LogP contribution in [0.3, 0.4) is 0 Å². The lowest BCUT2D eigenvalue weighted by molar-refractivity contribution is 0.104. The molecule has 0 unspecified atom stereocenters. The summed E-state index contributed by atoms with van der Waals surface area (Å²) in [6, 6.07) is 6.88. The van der Waals surface area contributed by atoms with Gasteiger partial charge in [-0.3, -0.25) is 4.79 Å². The Bertz CT molecular complexity index is 379. The third-order valence-corrected chi connectivity index (χ3v) is 2.43. The third-order valence-electron chi connectivity index (χ3n) is 2.17. The summed E-state index contributed by atoms with van der Waals surface area (Å²) < 4.78 is 0. The zero-order valence-corrected chi connectivity index (χ0v) is 9.88. The lowest BCUT2D eigenvalue weighted by Crippen LogP contribution is -2.10. The Morgan fingerprint density at radius 1 is 1.27 bits per heavy atom. The van der Waals surface area contributed by atoms with E-state index in [9.17, 15) is 4.79 Å². The maximum Gasteiger partial charge on any atom is 0.187 e. The summed E-state index contributed by atoms with van der Waals surface area (Å²) in [5, 5.41) is 0.639. The minimum absolute atomic E-state index is 0.00198. The van der Waals surface area contributed by atoms with Gasteiger partial charge in [0.25, 0.3) is 0 Å². The largest absolute Gasteiger partial charge is 0.381 e. The van der Waals surface area contributed by atoms with Crippen LogP contribution in [-0.4, -0.2) is 24.8 Å². The maximum atomic E-state index is 11.7. The molecule has 3 heteroatoms. The number of rotatable bonds is 3. The van der Waals surface area contributed by atoms with E-state index in [1.54, 1.807) is 30.3 Å². The first-order valence-corrected chi connectivity index (χ1v) is 5.04. The molecule has 0 aliphatic rings. The van der Waals surface area contributed by atoms with E-state index in [-0.39, 0.29) is 5.78 Å². The predicted octanol–water partition coefficient (Wildman–Crippen LogP) is 2.99. The smallest absolute Gasteiger partial charge is 0.187 e. The van der Waals surface area contributed by atoms with Gasteiger partial charge in [0, 0.05) is 36.5 Å². The van der Waals surface area contributed by atoms with Crippen molar-refractivity contribution in [3.8, 4) is 0 Å². The second-order valence-corrected chi connectivity index (χ2v) is 3.99. The van der Waals surface area contributed by atoms with Gasteiger partial charge in [0.15, 0.2) is 5.78 Å². The number of benzene rings is 1. The lowest BCUT2D eigenvalue weighted by Gasteiger charge is -2.11.